The van der Waals surface area contributed by atoms with Crippen LogP contribution in [0.4, 0.5) is 0 Å². The topological polar surface area (TPSA) is 43.1 Å². The minimum absolute atomic E-state index is 0.804. The van der Waals surface area contributed by atoms with Gasteiger partial charge in [0.25, 0.3) is 0 Å². The van der Waals surface area contributed by atoms with Gasteiger partial charge in [-0.25, -0.2) is 9.97 Å². The lowest BCUT2D eigenvalue weighted by molar-refractivity contribution is 1.13. The Morgan fingerprint density at radius 3 is 1.60 bits per heavy atom. The van der Waals surface area contributed by atoms with E-state index in [1.54, 1.807) is 0 Å². The van der Waals surface area contributed by atoms with Gasteiger partial charge < -0.3 is 0 Å². The molecular formula is C51H32N4. The van der Waals surface area contributed by atoms with E-state index in [2.05, 4.69) is 185 Å². The van der Waals surface area contributed by atoms with Crippen LogP contribution < -0.4 is 0 Å². The Labute approximate surface area is 317 Å². The van der Waals surface area contributed by atoms with Gasteiger partial charge in [0.15, 0.2) is 5.65 Å². The van der Waals surface area contributed by atoms with Crippen molar-refractivity contribution >= 4 is 48.7 Å². The van der Waals surface area contributed by atoms with Gasteiger partial charge in [0, 0.05) is 34.6 Å². The lowest BCUT2D eigenvalue weighted by Crippen LogP contribution is -1.94. The highest BCUT2D eigenvalue weighted by molar-refractivity contribution is 6.07. The zero-order chi connectivity index (χ0) is 36.3. The first-order valence-corrected chi connectivity index (χ1v) is 18.6. The molecule has 0 saturated carbocycles. The molecule has 0 aliphatic rings. The predicted molar refractivity (Wildman–Crippen MR) is 228 cm³/mol. The first-order valence-electron chi connectivity index (χ1n) is 18.6. The summed E-state index contributed by atoms with van der Waals surface area (Å²) in [6.07, 6.45) is 5.66. The lowest BCUT2D eigenvalue weighted by Gasteiger charge is -2.15. The highest BCUT2D eigenvalue weighted by atomic mass is 15.0. The minimum Gasteiger partial charge on any atom is -0.296 e. The van der Waals surface area contributed by atoms with Crippen molar-refractivity contribution in [3.63, 3.8) is 0 Å². The molecule has 0 spiro atoms. The Morgan fingerprint density at radius 2 is 0.909 bits per heavy atom. The fourth-order valence-corrected chi connectivity index (χ4v) is 8.14. The molecule has 0 aliphatic heterocycles. The SMILES string of the molecule is c1ccc2cc(-c3cc(-c4ccc5ccccc5c4)nc(-c4ccc(-c5nc6cnccn6c5-c5ccc6ccccc6c5)c5ccccc45)c3)ccc2c1. The van der Waals surface area contributed by atoms with E-state index in [4.69, 9.17) is 9.97 Å². The molecule has 4 heteroatoms. The van der Waals surface area contributed by atoms with Crippen LogP contribution in [0.3, 0.4) is 0 Å². The fourth-order valence-electron chi connectivity index (χ4n) is 8.14. The highest BCUT2D eigenvalue weighted by Crippen LogP contribution is 2.41. The number of pyridine rings is 1. The van der Waals surface area contributed by atoms with Crippen LogP contribution in [-0.2, 0) is 0 Å². The lowest BCUT2D eigenvalue weighted by atomic mass is 9.92. The van der Waals surface area contributed by atoms with E-state index in [1.165, 1.54) is 32.3 Å². The summed E-state index contributed by atoms with van der Waals surface area (Å²) < 4.78 is 2.15. The molecule has 0 amide bonds. The summed E-state index contributed by atoms with van der Waals surface area (Å²) >= 11 is 0. The summed E-state index contributed by atoms with van der Waals surface area (Å²) in [5, 5.41) is 9.47. The van der Waals surface area contributed by atoms with Gasteiger partial charge in [-0.15, -0.1) is 0 Å². The Bertz CT molecular complexity index is 3190. The first kappa shape index (κ1) is 31.1. The van der Waals surface area contributed by atoms with Crippen LogP contribution in [0.5, 0.6) is 0 Å². The number of benzene rings is 8. The van der Waals surface area contributed by atoms with Gasteiger partial charge >= 0.3 is 0 Å². The van der Waals surface area contributed by atoms with Crippen molar-refractivity contribution in [1.29, 1.82) is 0 Å². The van der Waals surface area contributed by atoms with Crippen LogP contribution in [0.1, 0.15) is 0 Å². The number of hydrogen-bond donors (Lipinski definition) is 0. The van der Waals surface area contributed by atoms with Gasteiger partial charge in [-0.3, -0.25) is 9.38 Å². The Kier molecular flexibility index (Phi) is 7.14. The van der Waals surface area contributed by atoms with Crippen molar-refractivity contribution in [1.82, 2.24) is 19.4 Å². The molecule has 11 aromatic rings. The van der Waals surface area contributed by atoms with Gasteiger partial charge in [-0.1, -0.05) is 146 Å². The number of hydrogen-bond acceptors (Lipinski definition) is 3. The third-order valence-electron chi connectivity index (χ3n) is 10.9. The van der Waals surface area contributed by atoms with E-state index in [0.29, 0.717) is 0 Å². The maximum absolute atomic E-state index is 5.42. The van der Waals surface area contributed by atoms with Gasteiger partial charge in [0.1, 0.15) is 0 Å². The number of nitrogens with zero attached hydrogens (tertiary/aromatic N) is 4. The second-order valence-electron chi connectivity index (χ2n) is 14.1. The van der Waals surface area contributed by atoms with Crippen LogP contribution in [0.15, 0.2) is 195 Å². The molecule has 11 rings (SSSR count). The van der Waals surface area contributed by atoms with Crippen molar-refractivity contribution in [3.05, 3.63) is 195 Å². The largest absolute Gasteiger partial charge is 0.296 e. The number of fused-ring (bicyclic) bond motifs is 5. The number of rotatable bonds is 5. The minimum atomic E-state index is 0.804. The average molecular weight is 701 g/mol. The van der Waals surface area contributed by atoms with Crippen molar-refractivity contribution in [3.8, 4) is 56.2 Å². The molecule has 0 radical (unpaired) electrons. The zero-order valence-electron chi connectivity index (χ0n) is 29.8. The number of aromatic nitrogens is 4. The smallest absolute Gasteiger partial charge is 0.156 e. The summed E-state index contributed by atoms with van der Waals surface area (Å²) in [6.45, 7) is 0. The summed E-state index contributed by atoms with van der Waals surface area (Å²) in [6, 6.07) is 63.1. The van der Waals surface area contributed by atoms with Crippen LogP contribution in [0.2, 0.25) is 0 Å². The average Bonchev–Trinajstić information content (AvgIpc) is 3.65. The van der Waals surface area contributed by atoms with Gasteiger partial charge in [0.05, 0.1) is 29.0 Å². The van der Waals surface area contributed by atoms with Crippen LogP contribution in [0, 0.1) is 0 Å². The van der Waals surface area contributed by atoms with Crippen LogP contribution in [0.25, 0.3) is 105 Å². The molecule has 3 heterocycles. The second-order valence-corrected chi connectivity index (χ2v) is 14.1. The molecule has 0 bridgehead atoms. The van der Waals surface area contributed by atoms with Gasteiger partial charge in [-0.2, -0.15) is 0 Å². The summed E-state index contributed by atoms with van der Waals surface area (Å²) in [5.74, 6) is 0. The van der Waals surface area contributed by atoms with E-state index < -0.39 is 0 Å². The van der Waals surface area contributed by atoms with Crippen molar-refractivity contribution in [2.24, 2.45) is 0 Å². The second kappa shape index (κ2) is 12.6. The van der Waals surface area contributed by atoms with E-state index in [0.717, 1.165) is 72.6 Å². The molecule has 0 fully saturated rings. The van der Waals surface area contributed by atoms with Crippen molar-refractivity contribution in [2.75, 3.05) is 0 Å². The molecule has 0 atom stereocenters. The summed E-state index contributed by atoms with van der Waals surface area (Å²) in [4.78, 5) is 15.1. The highest BCUT2D eigenvalue weighted by Gasteiger charge is 2.20. The quantitative estimate of drug-likeness (QED) is 0.179. The molecule has 3 aromatic heterocycles. The van der Waals surface area contributed by atoms with Crippen LogP contribution >= 0.6 is 0 Å². The molecule has 0 unspecified atom stereocenters. The predicted octanol–water partition coefficient (Wildman–Crippen LogP) is 13.1. The molecule has 8 aromatic carbocycles. The van der Waals surface area contributed by atoms with E-state index >= 15 is 0 Å². The third-order valence-corrected chi connectivity index (χ3v) is 10.9. The molecule has 55 heavy (non-hydrogen) atoms. The molecular weight excluding hydrogens is 669 g/mol. The summed E-state index contributed by atoms with van der Waals surface area (Å²) in [5.41, 5.74) is 11.2. The maximum atomic E-state index is 5.42. The van der Waals surface area contributed by atoms with Gasteiger partial charge in [-0.05, 0) is 84.5 Å². The van der Waals surface area contributed by atoms with E-state index in [9.17, 15) is 0 Å². The number of imidazole rings is 1. The Balaban J connectivity index is 1.13. The zero-order valence-corrected chi connectivity index (χ0v) is 29.8. The van der Waals surface area contributed by atoms with Crippen molar-refractivity contribution in [2.45, 2.75) is 0 Å². The Morgan fingerprint density at radius 1 is 0.382 bits per heavy atom. The molecule has 0 aliphatic carbocycles. The molecule has 0 saturated heterocycles. The molecule has 0 N–H and O–H groups in total. The van der Waals surface area contributed by atoms with Crippen molar-refractivity contribution < 1.29 is 0 Å². The van der Waals surface area contributed by atoms with E-state index in [1.807, 2.05) is 18.6 Å². The monoisotopic (exact) mass is 700 g/mol. The molecule has 4 nitrogen and oxygen atoms in total. The Hall–Kier alpha value is -7.43. The maximum Gasteiger partial charge on any atom is 0.156 e. The molecule has 256 valence electrons. The van der Waals surface area contributed by atoms with Gasteiger partial charge in [0.2, 0.25) is 0 Å². The van der Waals surface area contributed by atoms with E-state index in [-0.39, 0.29) is 0 Å². The fraction of sp³-hybridized carbons (Fsp3) is 0. The first-order chi connectivity index (χ1) is 27.2. The third kappa shape index (κ3) is 5.34. The summed E-state index contributed by atoms with van der Waals surface area (Å²) in [7, 11) is 0. The standard InChI is InChI=1S/C51H32N4/c1-4-12-36-27-39(20-17-33(36)9-1)42-30-47(40-21-18-34-10-2-5-13-37(34)28-40)53-48(31-42)45-23-24-46(44-16-8-7-15-43(44)45)50-51(55-26-25-52-32-49(55)54-50)41-22-19-35-11-3-6-14-38(35)29-41/h1-32H. The normalized spacial score (nSPS) is 11.6. The van der Waals surface area contributed by atoms with Crippen LogP contribution in [-0.4, -0.2) is 19.4 Å².